The van der Waals surface area contributed by atoms with Crippen molar-refractivity contribution in [1.29, 1.82) is 0 Å². The number of aliphatic hydroxyl groups excluding tert-OH is 1. The number of hydrogen-bond donors (Lipinski definition) is 3. The maximum Gasteiger partial charge on any atom is 0.325 e. The molecule has 3 atom stereocenters. The first-order valence-corrected chi connectivity index (χ1v) is 6.81. The van der Waals surface area contributed by atoms with E-state index in [1.54, 1.807) is 27.7 Å². The highest BCUT2D eigenvalue weighted by Crippen LogP contribution is 2.20. The zero-order chi connectivity index (χ0) is 15.5. The van der Waals surface area contributed by atoms with E-state index in [0.717, 1.165) is 4.90 Å². The number of rotatable bonds is 6. The van der Waals surface area contributed by atoms with Crippen LogP contribution in [0, 0.1) is 0 Å². The van der Waals surface area contributed by atoms with Crippen LogP contribution in [0.4, 0.5) is 4.79 Å². The summed E-state index contributed by atoms with van der Waals surface area (Å²) in [6.07, 6.45) is 0.359. The molecule has 20 heavy (non-hydrogen) atoms. The number of urea groups is 1. The van der Waals surface area contributed by atoms with Gasteiger partial charge in [-0.3, -0.25) is 14.5 Å². The molecule has 114 valence electrons. The molecule has 1 saturated heterocycles. The Kier molecular flexibility index (Phi) is 5.10. The SMILES string of the molecule is CCC1(C)NC(=O)N(CC(=O)NC(C)CC(C)O)C1=O. The lowest BCUT2D eigenvalue weighted by atomic mass is 9.99. The molecule has 0 radical (unpaired) electrons. The summed E-state index contributed by atoms with van der Waals surface area (Å²) in [6, 6.07) is -0.765. The molecule has 1 heterocycles. The van der Waals surface area contributed by atoms with Crippen LogP contribution < -0.4 is 10.6 Å². The van der Waals surface area contributed by atoms with Gasteiger partial charge in [0.15, 0.2) is 0 Å². The summed E-state index contributed by atoms with van der Waals surface area (Å²) < 4.78 is 0. The van der Waals surface area contributed by atoms with Gasteiger partial charge in [0.25, 0.3) is 5.91 Å². The molecule has 1 rings (SSSR count). The lowest BCUT2D eigenvalue weighted by Crippen LogP contribution is -2.46. The van der Waals surface area contributed by atoms with Crippen LogP contribution in [0.5, 0.6) is 0 Å². The molecular weight excluding hydrogens is 262 g/mol. The number of carbonyl (C=O) groups is 3. The minimum Gasteiger partial charge on any atom is -0.393 e. The van der Waals surface area contributed by atoms with Crippen LogP contribution in [0.15, 0.2) is 0 Å². The number of hydrogen-bond acceptors (Lipinski definition) is 4. The van der Waals surface area contributed by atoms with Gasteiger partial charge in [0.05, 0.1) is 6.10 Å². The minimum atomic E-state index is -0.928. The lowest BCUT2D eigenvalue weighted by molar-refractivity contribution is -0.134. The molecular formula is C13H23N3O4. The molecule has 7 heteroatoms. The highest BCUT2D eigenvalue weighted by molar-refractivity contribution is 6.08. The normalized spacial score (nSPS) is 25.4. The zero-order valence-electron chi connectivity index (χ0n) is 12.4. The summed E-state index contributed by atoms with van der Waals surface area (Å²) in [5.74, 6) is -0.801. The van der Waals surface area contributed by atoms with Gasteiger partial charge in [-0.05, 0) is 33.6 Å². The van der Waals surface area contributed by atoms with Crippen molar-refractivity contribution in [3.8, 4) is 0 Å². The van der Waals surface area contributed by atoms with E-state index in [1.165, 1.54) is 0 Å². The van der Waals surface area contributed by atoms with E-state index >= 15 is 0 Å². The predicted octanol–water partition coefficient (Wildman–Crippen LogP) is -0.0175. The van der Waals surface area contributed by atoms with Gasteiger partial charge >= 0.3 is 6.03 Å². The van der Waals surface area contributed by atoms with E-state index in [0.29, 0.717) is 12.8 Å². The fraction of sp³-hybridized carbons (Fsp3) is 0.769. The summed E-state index contributed by atoms with van der Waals surface area (Å²) in [5, 5.41) is 14.5. The van der Waals surface area contributed by atoms with Crippen molar-refractivity contribution in [3.05, 3.63) is 0 Å². The summed E-state index contributed by atoms with van der Waals surface area (Å²) in [7, 11) is 0. The second kappa shape index (κ2) is 6.21. The third-order valence-corrected chi connectivity index (χ3v) is 3.46. The summed E-state index contributed by atoms with van der Waals surface area (Å²) in [5.41, 5.74) is -0.928. The van der Waals surface area contributed by atoms with Gasteiger partial charge in [0.1, 0.15) is 12.1 Å². The Morgan fingerprint density at radius 2 is 2.05 bits per heavy atom. The monoisotopic (exact) mass is 285 g/mol. The average molecular weight is 285 g/mol. The van der Waals surface area contributed by atoms with Crippen LogP contribution in [-0.4, -0.2) is 52.1 Å². The highest BCUT2D eigenvalue weighted by Gasteiger charge is 2.46. The van der Waals surface area contributed by atoms with E-state index in [2.05, 4.69) is 10.6 Å². The molecule has 0 saturated carbocycles. The first kappa shape index (κ1) is 16.4. The zero-order valence-corrected chi connectivity index (χ0v) is 12.4. The molecule has 4 amide bonds. The highest BCUT2D eigenvalue weighted by atomic mass is 16.3. The van der Waals surface area contributed by atoms with Gasteiger partial charge in [0, 0.05) is 6.04 Å². The second-order valence-electron chi connectivity index (χ2n) is 5.56. The Balaban J connectivity index is 2.58. The van der Waals surface area contributed by atoms with Gasteiger partial charge < -0.3 is 15.7 Å². The maximum atomic E-state index is 12.1. The standard InChI is InChI=1S/C13H23N3O4/c1-5-13(4)11(19)16(12(20)15-13)7-10(18)14-8(2)6-9(3)17/h8-9,17H,5-7H2,1-4H3,(H,14,18)(H,15,20). The third-order valence-electron chi connectivity index (χ3n) is 3.46. The van der Waals surface area contributed by atoms with Crippen LogP contribution in [0.1, 0.15) is 40.5 Å². The number of aliphatic hydroxyl groups is 1. The van der Waals surface area contributed by atoms with Gasteiger partial charge in [0.2, 0.25) is 5.91 Å². The quantitative estimate of drug-likeness (QED) is 0.597. The van der Waals surface area contributed by atoms with E-state index in [-0.39, 0.29) is 18.5 Å². The molecule has 1 fully saturated rings. The van der Waals surface area contributed by atoms with Crippen LogP contribution >= 0.6 is 0 Å². The number of amides is 4. The van der Waals surface area contributed by atoms with Gasteiger partial charge in [-0.2, -0.15) is 0 Å². The summed E-state index contributed by atoms with van der Waals surface area (Å²) >= 11 is 0. The van der Waals surface area contributed by atoms with Gasteiger partial charge in [-0.25, -0.2) is 4.79 Å². The molecule has 3 N–H and O–H groups in total. The van der Waals surface area contributed by atoms with Crippen molar-refractivity contribution in [2.24, 2.45) is 0 Å². The Labute approximate surface area is 118 Å². The average Bonchev–Trinajstić information content (AvgIpc) is 2.52. The van der Waals surface area contributed by atoms with E-state index < -0.39 is 23.6 Å². The largest absolute Gasteiger partial charge is 0.393 e. The van der Waals surface area contributed by atoms with Crippen molar-refractivity contribution >= 4 is 17.8 Å². The van der Waals surface area contributed by atoms with Crippen molar-refractivity contribution in [2.75, 3.05) is 6.54 Å². The lowest BCUT2D eigenvalue weighted by Gasteiger charge is -2.20. The predicted molar refractivity (Wildman–Crippen MR) is 72.8 cm³/mol. The van der Waals surface area contributed by atoms with Crippen molar-refractivity contribution in [1.82, 2.24) is 15.5 Å². The first-order chi connectivity index (χ1) is 9.19. The van der Waals surface area contributed by atoms with Crippen molar-refractivity contribution < 1.29 is 19.5 Å². The summed E-state index contributed by atoms with van der Waals surface area (Å²) in [4.78, 5) is 36.6. The molecule has 0 bridgehead atoms. The van der Waals surface area contributed by atoms with Crippen LogP contribution in [0.2, 0.25) is 0 Å². The van der Waals surface area contributed by atoms with Crippen molar-refractivity contribution in [2.45, 2.75) is 58.2 Å². The van der Waals surface area contributed by atoms with E-state index in [9.17, 15) is 19.5 Å². The molecule has 1 aliphatic heterocycles. The number of nitrogens with zero attached hydrogens (tertiary/aromatic N) is 1. The molecule has 0 aliphatic carbocycles. The number of imide groups is 1. The van der Waals surface area contributed by atoms with Crippen LogP contribution in [0.25, 0.3) is 0 Å². The Morgan fingerprint density at radius 1 is 1.45 bits per heavy atom. The van der Waals surface area contributed by atoms with Crippen LogP contribution in [-0.2, 0) is 9.59 Å². The fourth-order valence-electron chi connectivity index (χ4n) is 2.16. The second-order valence-corrected chi connectivity index (χ2v) is 5.56. The maximum absolute atomic E-state index is 12.1. The topological polar surface area (TPSA) is 98.7 Å². The molecule has 0 aromatic carbocycles. The van der Waals surface area contributed by atoms with Gasteiger partial charge in [-0.1, -0.05) is 6.92 Å². The smallest absolute Gasteiger partial charge is 0.325 e. The Morgan fingerprint density at radius 3 is 2.50 bits per heavy atom. The first-order valence-electron chi connectivity index (χ1n) is 6.81. The van der Waals surface area contributed by atoms with E-state index in [1.807, 2.05) is 0 Å². The molecule has 7 nitrogen and oxygen atoms in total. The fourth-order valence-corrected chi connectivity index (χ4v) is 2.16. The Bertz CT molecular complexity index is 410. The summed E-state index contributed by atoms with van der Waals surface area (Å²) in [6.45, 7) is 6.53. The number of carbonyl (C=O) groups excluding carboxylic acids is 3. The molecule has 1 aliphatic rings. The third kappa shape index (κ3) is 3.69. The number of nitrogens with one attached hydrogen (secondary N) is 2. The van der Waals surface area contributed by atoms with Gasteiger partial charge in [-0.15, -0.1) is 0 Å². The van der Waals surface area contributed by atoms with Crippen molar-refractivity contribution in [3.63, 3.8) is 0 Å². The molecule has 0 aromatic heterocycles. The van der Waals surface area contributed by atoms with E-state index in [4.69, 9.17) is 0 Å². The molecule has 3 unspecified atom stereocenters. The molecule has 0 spiro atoms. The minimum absolute atomic E-state index is 0.221. The van der Waals surface area contributed by atoms with Crippen LogP contribution in [0.3, 0.4) is 0 Å². The molecule has 0 aromatic rings. The Hall–Kier alpha value is -1.63.